The van der Waals surface area contributed by atoms with Gasteiger partial charge in [-0.15, -0.1) is 0 Å². The molecule has 0 aliphatic heterocycles. The number of carbonyl (C=O) groups excluding carboxylic acids is 2. The lowest BCUT2D eigenvalue weighted by Gasteiger charge is -2.22. The molecule has 0 saturated heterocycles. The zero-order valence-electron chi connectivity index (χ0n) is 18.4. The normalized spacial score (nSPS) is 12.5. The number of amides is 2. The van der Waals surface area contributed by atoms with E-state index in [2.05, 4.69) is 10.6 Å². The van der Waals surface area contributed by atoms with Crippen molar-refractivity contribution < 1.29 is 29.2 Å². The lowest BCUT2D eigenvalue weighted by Crippen LogP contribution is -2.52. The maximum atomic E-state index is 12.8. The van der Waals surface area contributed by atoms with E-state index in [4.69, 9.17) is 4.74 Å². The first-order valence-corrected chi connectivity index (χ1v) is 10.4. The summed E-state index contributed by atoms with van der Waals surface area (Å²) >= 11 is 0. The van der Waals surface area contributed by atoms with Gasteiger partial charge in [0.2, 0.25) is 5.91 Å². The number of alkyl carbamates (subject to hydrolysis) is 1. The van der Waals surface area contributed by atoms with Crippen molar-refractivity contribution in [1.82, 2.24) is 10.6 Å². The first-order chi connectivity index (χ1) is 15.7. The third-order valence-corrected chi connectivity index (χ3v) is 4.76. The van der Waals surface area contributed by atoms with E-state index in [0.29, 0.717) is 0 Å². The molecule has 2 aromatic carbocycles. The summed E-state index contributed by atoms with van der Waals surface area (Å²) in [5.41, 5.74) is 0.707. The third-order valence-electron chi connectivity index (χ3n) is 4.76. The number of hydrogen-bond donors (Lipinski definition) is 3. The summed E-state index contributed by atoms with van der Waals surface area (Å²) < 4.78 is 5.16. The lowest BCUT2D eigenvalue weighted by molar-refractivity contribution is -0.385. The number of ether oxygens (including phenoxy) is 1. The number of hydrogen-bond acceptors (Lipinski definition) is 6. The molecule has 0 radical (unpaired) electrons. The fourth-order valence-electron chi connectivity index (χ4n) is 3.16. The smallest absolute Gasteiger partial charge is 0.408 e. The molecule has 2 rings (SSSR count). The van der Waals surface area contributed by atoms with Gasteiger partial charge in [-0.3, -0.25) is 14.9 Å². The number of benzene rings is 2. The first kappa shape index (κ1) is 25.3. The first-order valence-electron chi connectivity index (χ1n) is 10.4. The van der Waals surface area contributed by atoms with Crippen LogP contribution in [0.5, 0.6) is 0 Å². The lowest BCUT2D eigenvalue weighted by atomic mass is 10.0. The predicted molar refractivity (Wildman–Crippen MR) is 119 cm³/mol. The molecule has 0 aliphatic carbocycles. The molecule has 10 nitrogen and oxygen atoms in total. The fraction of sp³-hybridized carbons (Fsp3) is 0.348. The van der Waals surface area contributed by atoms with Crippen LogP contribution in [0.2, 0.25) is 0 Å². The monoisotopic (exact) mass is 457 g/mol. The number of rotatable bonds is 11. The van der Waals surface area contributed by atoms with Gasteiger partial charge in [0.15, 0.2) is 0 Å². The number of carboxylic acid groups (broad SMARTS) is 1. The topological polar surface area (TPSA) is 148 Å². The highest BCUT2D eigenvalue weighted by atomic mass is 16.6. The van der Waals surface area contributed by atoms with Crippen LogP contribution in [0.1, 0.15) is 31.4 Å². The van der Waals surface area contributed by atoms with Crippen molar-refractivity contribution in [2.45, 2.75) is 45.4 Å². The molecule has 2 atom stereocenters. The van der Waals surface area contributed by atoms with E-state index in [9.17, 15) is 29.6 Å². The van der Waals surface area contributed by atoms with E-state index >= 15 is 0 Å². The highest BCUT2D eigenvalue weighted by molar-refractivity contribution is 5.89. The summed E-state index contributed by atoms with van der Waals surface area (Å²) in [5.74, 6) is -2.06. The molecule has 10 heteroatoms. The van der Waals surface area contributed by atoms with Crippen LogP contribution in [-0.4, -0.2) is 40.1 Å². The number of nitrogens with one attached hydrogen (secondary N) is 2. The summed E-state index contributed by atoms with van der Waals surface area (Å²) in [5, 5.41) is 25.7. The Labute approximate surface area is 191 Å². The number of nitro groups is 1. The Kier molecular flexibility index (Phi) is 9.34. The summed E-state index contributed by atoms with van der Waals surface area (Å²) in [6.07, 6.45) is -0.861. The van der Waals surface area contributed by atoms with Crippen molar-refractivity contribution in [2.75, 3.05) is 0 Å². The number of carbonyl (C=O) groups is 3. The molecule has 176 valence electrons. The number of carboxylic acids is 1. The quantitative estimate of drug-likeness (QED) is 0.347. The van der Waals surface area contributed by atoms with Crippen molar-refractivity contribution in [3.05, 3.63) is 75.8 Å². The maximum Gasteiger partial charge on any atom is 0.408 e. The standard InChI is InChI=1S/C23H27N3O7/c1-15(2)12-18(25-23(30)33-14-16-8-4-3-5-9-16)21(27)24-19(22(28)29)13-17-10-6-7-11-20(17)26(31)32/h3-11,15,18-19H,12-14H2,1-2H3,(H,24,27)(H,25,30)(H,28,29)/t18-,19+/m0/s1. The summed E-state index contributed by atoms with van der Waals surface area (Å²) in [7, 11) is 0. The van der Waals surface area contributed by atoms with Gasteiger partial charge in [-0.25, -0.2) is 9.59 Å². The largest absolute Gasteiger partial charge is 0.480 e. The van der Waals surface area contributed by atoms with Crippen LogP contribution in [0.3, 0.4) is 0 Å². The van der Waals surface area contributed by atoms with Gasteiger partial charge in [-0.2, -0.15) is 0 Å². The predicted octanol–water partition coefficient (Wildman–Crippen LogP) is 3.05. The second kappa shape index (κ2) is 12.2. The molecule has 0 bridgehead atoms. The van der Waals surface area contributed by atoms with Gasteiger partial charge in [-0.1, -0.05) is 62.4 Å². The van der Waals surface area contributed by atoms with Crippen molar-refractivity contribution in [3.63, 3.8) is 0 Å². The molecule has 0 unspecified atom stereocenters. The Morgan fingerprint density at radius 3 is 2.24 bits per heavy atom. The van der Waals surface area contributed by atoms with E-state index < -0.39 is 35.0 Å². The molecule has 2 aromatic rings. The average molecular weight is 457 g/mol. The number of nitro benzene ring substituents is 1. The molecule has 0 saturated carbocycles. The SMILES string of the molecule is CC(C)C[C@H](NC(=O)OCc1ccccc1)C(=O)N[C@H](Cc1ccccc1[N+](=O)[O-])C(=O)O. The van der Waals surface area contributed by atoms with Crippen molar-refractivity contribution in [3.8, 4) is 0 Å². The molecule has 3 N–H and O–H groups in total. The van der Waals surface area contributed by atoms with E-state index in [-0.39, 0.29) is 36.6 Å². The molecular formula is C23H27N3O7. The van der Waals surface area contributed by atoms with E-state index in [0.717, 1.165) is 5.56 Å². The van der Waals surface area contributed by atoms with Gasteiger partial charge in [0.1, 0.15) is 18.7 Å². The molecule has 0 aliphatic rings. The zero-order valence-corrected chi connectivity index (χ0v) is 18.4. The molecular weight excluding hydrogens is 430 g/mol. The second-order valence-electron chi connectivity index (χ2n) is 7.88. The highest BCUT2D eigenvalue weighted by Gasteiger charge is 2.29. The van der Waals surface area contributed by atoms with Crippen LogP contribution in [0, 0.1) is 16.0 Å². The average Bonchev–Trinajstić information content (AvgIpc) is 2.77. The number of nitrogens with zero attached hydrogens (tertiary/aromatic N) is 1. The van der Waals surface area contributed by atoms with Crippen molar-refractivity contribution in [1.29, 1.82) is 0 Å². The third kappa shape index (κ3) is 8.24. The van der Waals surface area contributed by atoms with E-state index in [1.54, 1.807) is 30.3 Å². The van der Waals surface area contributed by atoms with Crippen molar-refractivity contribution in [2.24, 2.45) is 5.92 Å². The molecule has 0 spiro atoms. The van der Waals surface area contributed by atoms with E-state index in [1.807, 2.05) is 19.9 Å². The minimum absolute atomic E-state index is 0.00802. The van der Waals surface area contributed by atoms with Crippen LogP contribution >= 0.6 is 0 Å². The second-order valence-corrected chi connectivity index (χ2v) is 7.88. The highest BCUT2D eigenvalue weighted by Crippen LogP contribution is 2.19. The fourth-order valence-corrected chi connectivity index (χ4v) is 3.16. The van der Waals surface area contributed by atoms with Gasteiger partial charge in [0.25, 0.3) is 5.69 Å². The zero-order chi connectivity index (χ0) is 24.4. The molecule has 2 amide bonds. The molecule has 0 heterocycles. The van der Waals surface area contributed by atoms with Crippen LogP contribution < -0.4 is 10.6 Å². The van der Waals surface area contributed by atoms with Gasteiger partial charge >= 0.3 is 12.1 Å². The number of para-hydroxylation sites is 1. The molecule has 0 fully saturated rings. The number of aliphatic carboxylic acids is 1. The van der Waals surface area contributed by atoms with Crippen molar-refractivity contribution >= 4 is 23.7 Å². The summed E-state index contributed by atoms with van der Waals surface area (Å²) in [6.45, 7) is 3.71. The van der Waals surface area contributed by atoms with Crippen LogP contribution in [-0.2, 0) is 27.4 Å². The molecule has 0 aromatic heterocycles. The minimum atomic E-state index is -1.42. The Morgan fingerprint density at radius 2 is 1.64 bits per heavy atom. The molecule has 33 heavy (non-hydrogen) atoms. The van der Waals surface area contributed by atoms with E-state index in [1.165, 1.54) is 18.2 Å². The van der Waals surface area contributed by atoms with Gasteiger partial charge in [-0.05, 0) is 17.9 Å². The van der Waals surface area contributed by atoms with Crippen LogP contribution in [0.25, 0.3) is 0 Å². The van der Waals surface area contributed by atoms with Gasteiger partial charge < -0.3 is 20.5 Å². The summed E-state index contributed by atoms with van der Waals surface area (Å²) in [4.78, 5) is 47.4. The Hall–Kier alpha value is -3.95. The van der Waals surface area contributed by atoms with Crippen LogP contribution in [0.15, 0.2) is 54.6 Å². The van der Waals surface area contributed by atoms with Crippen LogP contribution in [0.4, 0.5) is 10.5 Å². The van der Waals surface area contributed by atoms with Gasteiger partial charge in [0, 0.05) is 18.1 Å². The Balaban J connectivity index is 2.07. The Morgan fingerprint density at radius 1 is 1.00 bits per heavy atom. The Bertz CT molecular complexity index is 979. The minimum Gasteiger partial charge on any atom is -0.480 e. The maximum absolute atomic E-state index is 12.8. The summed E-state index contributed by atoms with van der Waals surface area (Å²) in [6, 6.07) is 12.3. The van der Waals surface area contributed by atoms with Gasteiger partial charge in [0.05, 0.1) is 4.92 Å².